The number of rotatable bonds is 5. The van der Waals surface area contributed by atoms with Crippen LogP contribution in [-0.2, 0) is 5.41 Å². The SMILES string of the molecule is C.CC(C)C12CC(C1)C2.CC(C)C12CC3CC(CC(C3)C1)C2.CC(C)C12CCC(C)(CC1)C2.CC(C)c1ccc2ncsc2c1.CC(C)c1ncc(C(C)(C)C)s1. The van der Waals surface area contributed by atoms with Gasteiger partial charge in [0.25, 0.3) is 0 Å². The summed E-state index contributed by atoms with van der Waals surface area (Å²) in [6.07, 6.45) is 23.8. The van der Waals surface area contributed by atoms with Gasteiger partial charge in [-0.05, 0) is 182 Å². The maximum Gasteiger partial charge on any atom is 0.0953 e. The van der Waals surface area contributed by atoms with Crippen LogP contribution in [0.3, 0.4) is 0 Å². The summed E-state index contributed by atoms with van der Waals surface area (Å²) in [6, 6.07) is 6.49. The zero-order valence-electron chi connectivity index (χ0n) is 38.7. The van der Waals surface area contributed by atoms with Crippen molar-refractivity contribution in [1.82, 2.24) is 9.97 Å². The topological polar surface area (TPSA) is 25.8 Å². The molecular formula is C53H88N2S2. The zero-order valence-corrected chi connectivity index (χ0v) is 40.3. The molecule has 2 aromatic heterocycles. The third-order valence-corrected chi connectivity index (χ3v) is 19.4. The van der Waals surface area contributed by atoms with Gasteiger partial charge in [-0.1, -0.05) is 110 Å². The molecule has 0 aliphatic heterocycles. The van der Waals surface area contributed by atoms with Gasteiger partial charge in [-0.3, -0.25) is 0 Å². The third-order valence-electron chi connectivity index (χ3n) is 16.9. The molecule has 9 saturated carbocycles. The van der Waals surface area contributed by atoms with Gasteiger partial charge >= 0.3 is 0 Å². The Morgan fingerprint density at radius 3 is 1.44 bits per heavy atom. The highest BCUT2D eigenvalue weighted by atomic mass is 32.1. The molecule has 0 unspecified atom stereocenters. The molecule has 322 valence electrons. The van der Waals surface area contributed by atoms with E-state index >= 15 is 0 Å². The minimum atomic E-state index is 0. The summed E-state index contributed by atoms with van der Waals surface area (Å²) in [5, 5.41) is 1.25. The summed E-state index contributed by atoms with van der Waals surface area (Å²) < 4.78 is 1.29. The van der Waals surface area contributed by atoms with Gasteiger partial charge < -0.3 is 0 Å². The summed E-state index contributed by atoms with van der Waals surface area (Å²) in [4.78, 5) is 10.0. The van der Waals surface area contributed by atoms with E-state index in [1.54, 1.807) is 69.1 Å². The van der Waals surface area contributed by atoms with Crippen molar-refractivity contribution in [2.24, 2.45) is 63.1 Å². The second-order valence-electron chi connectivity index (χ2n) is 23.6. The number of aromatic nitrogens is 2. The van der Waals surface area contributed by atoms with E-state index in [0.29, 0.717) is 11.8 Å². The predicted molar refractivity (Wildman–Crippen MR) is 254 cm³/mol. The summed E-state index contributed by atoms with van der Waals surface area (Å²) in [7, 11) is 0. The van der Waals surface area contributed by atoms with Crippen LogP contribution in [-0.4, -0.2) is 9.97 Å². The van der Waals surface area contributed by atoms with Crippen molar-refractivity contribution in [3.05, 3.63) is 45.4 Å². The summed E-state index contributed by atoms with van der Waals surface area (Å²) in [5.41, 5.74) is 7.86. The molecule has 8 bridgehead atoms. The van der Waals surface area contributed by atoms with Crippen molar-refractivity contribution >= 4 is 32.9 Å². The largest absolute Gasteiger partial charge is 0.249 e. The number of benzene rings is 1. The highest BCUT2D eigenvalue weighted by Gasteiger charge is 2.57. The Balaban J connectivity index is 0.000000136. The molecule has 3 aromatic rings. The first kappa shape index (κ1) is 46.8. The molecule has 0 spiro atoms. The van der Waals surface area contributed by atoms with Crippen molar-refractivity contribution in [2.75, 3.05) is 0 Å². The molecule has 0 saturated heterocycles. The van der Waals surface area contributed by atoms with Gasteiger partial charge in [-0.25, -0.2) is 9.97 Å². The van der Waals surface area contributed by atoms with Crippen molar-refractivity contribution < 1.29 is 0 Å². The van der Waals surface area contributed by atoms with E-state index in [-0.39, 0.29) is 12.8 Å². The number of hydrogen-bond acceptors (Lipinski definition) is 4. The fraction of sp³-hybridized carbons (Fsp3) is 0.811. The molecule has 0 radical (unpaired) electrons. The van der Waals surface area contributed by atoms with Crippen LogP contribution in [0.1, 0.15) is 222 Å². The van der Waals surface area contributed by atoms with Crippen LogP contribution < -0.4 is 0 Å². The van der Waals surface area contributed by atoms with Crippen LogP contribution in [0.5, 0.6) is 0 Å². The lowest BCUT2D eigenvalue weighted by molar-refractivity contribution is -0.141. The van der Waals surface area contributed by atoms with Crippen molar-refractivity contribution in [1.29, 1.82) is 0 Å². The molecule has 9 aliphatic rings. The summed E-state index contributed by atoms with van der Waals surface area (Å²) in [6.45, 7) is 32.5. The molecule has 4 heteroatoms. The van der Waals surface area contributed by atoms with E-state index in [2.05, 4.69) is 125 Å². The molecular weight excluding hydrogens is 729 g/mol. The smallest absolute Gasteiger partial charge is 0.0953 e. The normalized spacial score (nSPS) is 33.7. The van der Waals surface area contributed by atoms with Crippen LogP contribution in [0.4, 0.5) is 0 Å². The van der Waals surface area contributed by atoms with Crippen LogP contribution in [0.15, 0.2) is 29.9 Å². The molecule has 9 fully saturated rings. The lowest BCUT2D eigenvalue weighted by atomic mass is 9.41. The van der Waals surface area contributed by atoms with E-state index < -0.39 is 0 Å². The van der Waals surface area contributed by atoms with Gasteiger partial charge in [-0.2, -0.15) is 0 Å². The van der Waals surface area contributed by atoms with Gasteiger partial charge in [-0.15, -0.1) is 22.7 Å². The standard InChI is InChI=1S/C13H22.C11H20.C10H11NS.C10H17NS.C8H14.CH4/c1-9(2)13-6-10-3-11(7-13)5-12(4-10)8-13;1-9(2)11-6-4-10(3,8-11)5-7-11;1-7(2)8-3-4-9-10(5-8)12-6-11-9;1-7(2)9-11-6-8(12-9)10(3,4)5;1-6(2)8-3-7(4-8)5-8;/h9-12H,3-8H2,1-2H3;9H,4-8H2,1-3H3;3-7H,1-2H3;6-7H,1-5H3;6-7H,3-5H2,1-2H3;1H4. The highest BCUT2D eigenvalue weighted by Crippen LogP contribution is 2.68. The molecule has 57 heavy (non-hydrogen) atoms. The quantitative estimate of drug-likeness (QED) is 0.256. The lowest BCUT2D eigenvalue weighted by Gasteiger charge is -2.64. The molecule has 1 aromatic carbocycles. The number of thiazole rings is 2. The Hall–Kier alpha value is -1.26. The average Bonchev–Trinajstić information content (AvgIpc) is 3.87. The monoisotopic (exact) mass is 817 g/mol. The van der Waals surface area contributed by atoms with Gasteiger partial charge in [0.1, 0.15) is 0 Å². The Morgan fingerprint density at radius 1 is 0.632 bits per heavy atom. The van der Waals surface area contributed by atoms with Crippen LogP contribution in [0.25, 0.3) is 10.2 Å². The molecule has 0 atom stereocenters. The van der Waals surface area contributed by atoms with Crippen LogP contribution >= 0.6 is 22.7 Å². The number of fused-ring (bicyclic) bond motifs is 3. The lowest BCUT2D eigenvalue weighted by Crippen LogP contribution is -2.54. The second kappa shape index (κ2) is 18.0. The first-order valence-corrected chi connectivity index (χ1v) is 25.1. The van der Waals surface area contributed by atoms with E-state index in [1.807, 2.05) is 23.0 Å². The Labute approximate surface area is 361 Å². The second-order valence-corrected chi connectivity index (χ2v) is 25.6. The summed E-state index contributed by atoms with van der Waals surface area (Å²) in [5.74, 6) is 8.57. The molecule has 0 amide bonds. The van der Waals surface area contributed by atoms with E-state index in [0.717, 1.165) is 68.6 Å². The van der Waals surface area contributed by atoms with E-state index in [4.69, 9.17) is 0 Å². The van der Waals surface area contributed by atoms with Gasteiger partial charge in [0.15, 0.2) is 0 Å². The van der Waals surface area contributed by atoms with E-state index in [9.17, 15) is 0 Å². The average molecular weight is 817 g/mol. The third kappa shape index (κ3) is 10.4. The number of hydrogen-bond donors (Lipinski definition) is 0. The maximum atomic E-state index is 4.40. The first-order valence-electron chi connectivity index (χ1n) is 23.4. The van der Waals surface area contributed by atoms with Crippen molar-refractivity contribution in [2.45, 2.75) is 212 Å². The molecule has 9 aliphatic carbocycles. The summed E-state index contributed by atoms with van der Waals surface area (Å²) >= 11 is 3.54. The highest BCUT2D eigenvalue weighted by molar-refractivity contribution is 7.16. The Morgan fingerprint density at radius 2 is 1.12 bits per heavy atom. The molecule has 12 rings (SSSR count). The molecule has 2 nitrogen and oxygen atoms in total. The fourth-order valence-electron chi connectivity index (χ4n) is 12.6. The van der Waals surface area contributed by atoms with Crippen LogP contribution in [0.2, 0.25) is 0 Å². The van der Waals surface area contributed by atoms with Gasteiger partial charge in [0.05, 0.1) is 20.7 Å². The Kier molecular flexibility index (Phi) is 14.8. The van der Waals surface area contributed by atoms with Crippen molar-refractivity contribution in [3.8, 4) is 0 Å². The first-order chi connectivity index (χ1) is 26.2. The number of nitrogens with zero attached hydrogens (tertiary/aromatic N) is 2. The maximum absolute atomic E-state index is 4.40. The van der Waals surface area contributed by atoms with Crippen molar-refractivity contribution in [3.63, 3.8) is 0 Å². The van der Waals surface area contributed by atoms with Gasteiger partial charge in [0, 0.05) is 17.0 Å². The van der Waals surface area contributed by atoms with E-state index in [1.165, 1.54) is 52.3 Å². The minimum Gasteiger partial charge on any atom is -0.249 e. The molecule has 0 N–H and O–H groups in total. The Bertz CT molecular complexity index is 1650. The predicted octanol–water partition coefficient (Wildman–Crippen LogP) is 17.5. The molecule has 2 heterocycles. The van der Waals surface area contributed by atoms with Crippen LogP contribution in [0, 0.1) is 63.1 Å². The zero-order chi connectivity index (χ0) is 40.8. The fourth-order valence-corrected chi connectivity index (χ4v) is 14.3. The minimum absolute atomic E-state index is 0. The van der Waals surface area contributed by atoms with Gasteiger partial charge in [0.2, 0.25) is 0 Å².